The van der Waals surface area contributed by atoms with Crippen molar-refractivity contribution in [1.29, 1.82) is 0 Å². The number of aromatic nitrogens is 1. The van der Waals surface area contributed by atoms with Crippen LogP contribution in [-0.2, 0) is 16.6 Å². The third-order valence-corrected chi connectivity index (χ3v) is 4.27. The molecule has 6 nitrogen and oxygen atoms in total. The lowest BCUT2D eigenvalue weighted by Crippen LogP contribution is -2.16. The molecule has 0 aliphatic carbocycles. The third-order valence-electron chi connectivity index (χ3n) is 3.38. The van der Waals surface area contributed by atoms with Crippen molar-refractivity contribution in [3.63, 3.8) is 0 Å². The van der Waals surface area contributed by atoms with Crippen LogP contribution in [0.1, 0.15) is 5.56 Å². The molecule has 0 saturated carbocycles. The second-order valence-electron chi connectivity index (χ2n) is 5.28. The molecule has 1 aromatic heterocycles. The molecule has 0 unspecified atom stereocenters. The molecule has 1 aliphatic rings. The summed E-state index contributed by atoms with van der Waals surface area (Å²) in [5.41, 5.74) is 2.99. The van der Waals surface area contributed by atoms with Gasteiger partial charge in [0.15, 0.2) is 5.15 Å². The second-order valence-corrected chi connectivity index (χ2v) is 7.39. The quantitative estimate of drug-likeness (QED) is 0.827. The van der Waals surface area contributed by atoms with E-state index in [0.29, 0.717) is 6.61 Å². The lowest BCUT2D eigenvalue weighted by Gasteiger charge is -2.11. The average molecular weight is 354 g/mol. The molecule has 0 bridgehead atoms. The Balaban J connectivity index is 1.98. The second kappa shape index (κ2) is 6.35. The molecule has 23 heavy (non-hydrogen) atoms. The highest BCUT2D eigenvalue weighted by Gasteiger charge is 2.13. The first-order chi connectivity index (χ1) is 10.9. The van der Waals surface area contributed by atoms with Crippen LogP contribution in [0.3, 0.4) is 0 Å². The van der Waals surface area contributed by atoms with Gasteiger partial charge in [-0.05, 0) is 23.8 Å². The van der Waals surface area contributed by atoms with Crippen molar-refractivity contribution in [3.05, 3.63) is 41.2 Å². The van der Waals surface area contributed by atoms with Crippen LogP contribution < -0.4 is 14.8 Å². The number of hydrogen-bond donors (Lipinski definition) is 2. The van der Waals surface area contributed by atoms with E-state index in [1.807, 2.05) is 18.2 Å². The van der Waals surface area contributed by atoms with E-state index in [1.165, 1.54) is 0 Å². The first kappa shape index (κ1) is 16.0. The van der Waals surface area contributed by atoms with E-state index in [0.717, 1.165) is 41.8 Å². The molecular weight excluding hydrogens is 338 g/mol. The zero-order valence-corrected chi connectivity index (χ0v) is 14.0. The molecule has 1 aliphatic heterocycles. The van der Waals surface area contributed by atoms with Crippen LogP contribution in [0.4, 0.5) is 5.69 Å². The lowest BCUT2D eigenvalue weighted by molar-refractivity contribution is 0.326. The Morgan fingerprint density at radius 2 is 2.13 bits per heavy atom. The van der Waals surface area contributed by atoms with Crippen LogP contribution >= 0.6 is 11.6 Å². The topological polar surface area (TPSA) is 80.3 Å². The summed E-state index contributed by atoms with van der Waals surface area (Å²) in [4.78, 5) is 4.06. The number of nitrogens with zero attached hydrogens (tertiary/aromatic N) is 1. The van der Waals surface area contributed by atoms with Crippen LogP contribution in [0.5, 0.6) is 5.75 Å². The standard InChI is InChI=1S/C15H16ClN3O3S/c1-23(20,21)19-13-7-11(9-18-15(13)16)10-2-3-14-12(6-10)8-17-4-5-22-14/h2-3,6-7,9,17,19H,4-5,8H2,1H3. The van der Waals surface area contributed by atoms with Crippen molar-refractivity contribution in [3.8, 4) is 16.9 Å². The highest BCUT2D eigenvalue weighted by Crippen LogP contribution is 2.31. The molecule has 3 rings (SSSR count). The van der Waals surface area contributed by atoms with Gasteiger partial charge in [-0.15, -0.1) is 0 Å². The molecule has 0 fully saturated rings. The summed E-state index contributed by atoms with van der Waals surface area (Å²) >= 11 is 5.96. The van der Waals surface area contributed by atoms with E-state index < -0.39 is 10.0 Å². The summed E-state index contributed by atoms with van der Waals surface area (Å²) in [5, 5.41) is 3.39. The van der Waals surface area contributed by atoms with Gasteiger partial charge in [0.1, 0.15) is 12.4 Å². The Hall–Kier alpha value is -1.83. The highest BCUT2D eigenvalue weighted by molar-refractivity contribution is 7.92. The molecule has 0 atom stereocenters. The van der Waals surface area contributed by atoms with Gasteiger partial charge in [0, 0.05) is 30.4 Å². The minimum absolute atomic E-state index is 0.110. The van der Waals surface area contributed by atoms with E-state index in [9.17, 15) is 8.42 Å². The SMILES string of the molecule is CS(=O)(=O)Nc1cc(-c2ccc3c(c2)CNCCO3)cnc1Cl. The zero-order chi connectivity index (χ0) is 16.4. The van der Waals surface area contributed by atoms with Crippen molar-refractivity contribution in [1.82, 2.24) is 10.3 Å². The van der Waals surface area contributed by atoms with E-state index in [-0.39, 0.29) is 10.8 Å². The van der Waals surface area contributed by atoms with Gasteiger partial charge in [-0.25, -0.2) is 13.4 Å². The number of benzene rings is 1. The zero-order valence-electron chi connectivity index (χ0n) is 12.5. The van der Waals surface area contributed by atoms with E-state index in [1.54, 1.807) is 12.3 Å². The summed E-state index contributed by atoms with van der Waals surface area (Å²) in [5.74, 6) is 0.857. The fraction of sp³-hybridized carbons (Fsp3) is 0.267. The fourth-order valence-electron chi connectivity index (χ4n) is 2.37. The first-order valence-electron chi connectivity index (χ1n) is 7.02. The molecule has 2 aromatic rings. The molecule has 0 saturated heterocycles. The maximum absolute atomic E-state index is 11.4. The first-order valence-corrected chi connectivity index (χ1v) is 9.29. The van der Waals surface area contributed by atoms with Crippen molar-refractivity contribution in [2.45, 2.75) is 6.54 Å². The molecule has 8 heteroatoms. The van der Waals surface area contributed by atoms with Crippen LogP contribution in [0.15, 0.2) is 30.5 Å². The van der Waals surface area contributed by atoms with E-state index in [4.69, 9.17) is 16.3 Å². The number of anilines is 1. The normalized spacial score (nSPS) is 14.5. The third kappa shape index (κ3) is 3.93. The summed E-state index contributed by atoms with van der Waals surface area (Å²) < 4.78 is 30.8. The lowest BCUT2D eigenvalue weighted by atomic mass is 10.0. The van der Waals surface area contributed by atoms with Crippen LogP contribution in [0.2, 0.25) is 5.15 Å². The molecule has 2 N–H and O–H groups in total. The number of rotatable bonds is 3. The molecule has 2 heterocycles. The predicted octanol–water partition coefficient (Wildman–Crippen LogP) is 2.26. The smallest absolute Gasteiger partial charge is 0.229 e. The number of nitrogens with one attached hydrogen (secondary N) is 2. The van der Waals surface area contributed by atoms with Gasteiger partial charge in [-0.2, -0.15) is 0 Å². The van der Waals surface area contributed by atoms with Gasteiger partial charge >= 0.3 is 0 Å². The minimum Gasteiger partial charge on any atom is -0.492 e. The summed E-state index contributed by atoms with van der Waals surface area (Å²) in [6.07, 6.45) is 2.68. The largest absolute Gasteiger partial charge is 0.492 e. The monoisotopic (exact) mass is 353 g/mol. The molecule has 0 radical (unpaired) electrons. The van der Waals surface area contributed by atoms with Gasteiger partial charge in [0.25, 0.3) is 0 Å². The van der Waals surface area contributed by atoms with Crippen LogP contribution in [-0.4, -0.2) is 32.8 Å². The predicted molar refractivity (Wildman–Crippen MR) is 90.4 cm³/mol. The van der Waals surface area contributed by atoms with Crippen molar-refractivity contribution < 1.29 is 13.2 Å². The number of fused-ring (bicyclic) bond motifs is 1. The van der Waals surface area contributed by atoms with Crippen molar-refractivity contribution >= 4 is 27.3 Å². The molecule has 0 amide bonds. The van der Waals surface area contributed by atoms with E-state index in [2.05, 4.69) is 15.0 Å². The number of ether oxygens (including phenoxy) is 1. The van der Waals surface area contributed by atoms with Gasteiger partial charge in [0.05, 0.1) is 11.9 Å². The van der Waals surface area contributed by atoms with E-state index >= 15 is 0 Å². The summed E-state index contributed by atoms with van der Waals surface area (Å²) in [7, 11) is -3.42. The molecule has 0 spiro atoms. The number of hydrogen-bond acceptors (Lipinski definition) is 5. The average Bonchev–Trinajstić information content (AvgIpc) is 2.72. The number of sulfonamides is 1. The number of pyridine rings is 1. The maximum atomic E-state index is 11.4. The molecular formula is C15H16ClN3O3S. The maximum Gasteiger partial charge on any atom is 0.229 e. The van der Waals surface area contributed by atoms with Crippen molar-refractivity contribution in [2.24, 2.45) is 0 Å². The fourth-order valence-corrected chi connectivity index (χ4v) is 3.13. The Morgan fingerprint density at radius 1 is 1.30 bits per heavy atom. The Labute approximate surface area is 139 Å². The molecule has 122 valence electrons. The Morgan fingerprint density at radius 3 is 2.91 bits per heavy atom. The Kier molecular flexibility index (Phi) is 4.43. The summed E-state index contributed by atoms with van der Waals surface area (Å²) in [6.45, 7) is 2.16. The van der Waals surface area contributed by atoms with Crippen LogP contribution in [0, 0.1) is 0 Å². The van der Waals surface area contributed by atoms with Gasteiger partial charge in [-0.1, -0.05) is 17.7 Å². The van der Waals surface area contributed by atoms with Crippen molar-refractivity contribution in [2.75, 3.05) is 24.1 Å². The van der Waals surface area contributed by atoms with Crippen LogP contribution in [0.25, 0.3) is 11.1 Å². The van der Waals surface area contributed by atoms with Gasteiger partial charge in [-0.3, -0.25) is 4.72 Å². The highest BCUT2D eigenvalue weighted by atomic mass is 35.5. The van der Waals surface area contributed by atoms with Gasteiger partial charge < -0.3 is 10.1 Å². The molecule has 1 aromatic carbocycles. The minimum atomic E-state index is -3.42. The summed E-state index contributed by atoms with van der Waals surface area (Å²) in [6, 6.07) is 7.50. The van der Waals surface area contributed by atoms with Gasteiger partial charge in [0.2, 0.25) is 10.0 Å². The Bertz CT molecular complexity index is 840. The number of halogens is 1.